The van der Waals surface area contributed by atoms with Gasteiger partial charge in [-0.2, -0.15) is 0 Å². The minimum atomic E-state index is -0.0488. The minimum Gasteiger partial charge on any atom is -0.496 e. The molecule has 1 aliphatic rings. The van der Waals surface area contributed by atoms with Gasteiger partial charge in [0.1, 0.15) is 17.1 Å². The SMILES string of the molecule is CCOc1ccc(-c2coc3cc(OC)c(/C(C)=C/C(=O)NC4CCCCC4C)cc23)cc1. The zero-order chi connectivity index (χ0) is 23.4. The molecule has 1 saturated carbocycles. The Kier molecular flexibility index (Phi) is 7.07. The van der Waals surface area contributed by atoms with Crippen LogP contribution in [0.1, 0.15) is 52.0 Å². The summed E-state index contributed by atoms with van der Waals surface area (Å²) in [6.45, 7) is 6.78. The Morgan fingerprint density at radius 2 is 1.94 bits per heavy atom. The highest BCUT2D eigenvalue weighted by molar-refractivity contribution is 6.00. The first-order valence-corrected chi connectivity index (χ1v) is 11.8. The third-order valence-corrected chi connectivity index (χ3v) is 6.58. The first-order valence-electron chi connectivity index (χ1n) is 11.8. The molecule has 0 spiro atoms. The first kappa shape index (κ1) is 23.0. The molecule has 3 aromatic rings. The summed E-state index contributed by atoms with van der Waals surface area (Å²) in [5, 5.41) is 4.18. The van der Waals surface area contributed by atoms with Crippen molar-refractivity contribution in [1.29, 1.82) is 0 Å². The summed E-state index contributed by atoms with van der Waals surface area (Å²) < 4.78 is 17.0. The standard InChI is InChI=1S/C28H33NO4/c1-5-32-21-12-10-20(11-13-21)24-17-33-27-16-26(31-4)22(15-23(24)27)19(3)14-28(30)29-25-9-7-6-8-18(25)2/h10-18,25H,5-9H2,1-4H3,(H,29,30)/b19-14+. The van der Waals surface area contributed by atoms with Crippen molar-refractivity contribution in [2.45, 2.75) is 52.5 Å². The molecule has 0 radical (unpaired) electrons. The molecule has 1 heterocycles. The number of carbonyl (C=O) groups is 1. The van der Waals surface area contributed by atoms with Crippen LogP contribution < -0.4 is 14.8 Å². The van der Waals surface area contributed by atoms with Gasteiger partial charge in [0, 0.05) is 34.7 Å². The number of methoxy groups -OCH3 is 1. The molecule has 2 atom stereocenters. The van der Waals surface area contributed by atoms with Crippen molar-refractivity contribution in [3.8, 4) is 22.6 Å². The summed E-state index contributed by atoms with van der Waals surface area (Å²) in [5.41, 5.74) is 4.51. The molecular formula is C28H33NO4. The van der Waals surface area contributed by atoms with Crippen molar-refractivity contribution in [3.05, 3.63) is 54.3 Å². The lowest BCUT2D eigenvalue weighted by molar-refractivity contribution is -0.117. The van der Waals surface area contributed by atoms with Gasteiger partial charge in [0.25, 0.3) is 0 Å². The summed E-state index contributed by atoms with van der Waals surface area (Å²) in [5.74, 6) is 1.99. The monoisotopic (exact) mass is 447 g/mol. The van der Waals surface area contributed by atoms with Gasteiger partial charge in [-0.1, -0.05) is 31.9 Å². The molecule has 5 nitrogen and oxygen atoms in total. The van der Waals surface area contributed by atoms with E-state index < -0.39 is 0 Å². The molecular weight excluding hydrogens is 414 g/mol. The second kappa shape index (κ2) is 10.2. The molecule has 0 aliphatic heterocycles. The van der Waals surface area contributed by atoms with Crippen LogP contribution >= 0.6 is 0 Å². The van der Waals surface area contributed by atoms with Crippen molar-refractivity contribution >= 4 is 22.4 Å². The van der Waals surface area contributed by atoms with E-state index in [-0.39, 0.29) is 11.9 Å². The molecule has 1 aliphatic carbocycles. The van der Waals surface area contributed by atoms with Crippen LogP contribution in [0.15, 0.2) is 53.2 Å². The fraction of sp³-hybridized carbons (Fsp3) is 0.393. The van der Waals surface area contributed by atoms with E-state index in [9.17, 15) is 4.79 Å². The average Bonchev–Trinajstić information content (AvgIpc) is 3.23. The van der Waals surface area contributed by atoms with Crippen LogP contribution in [0.25, 0.3) is 27.7 Å². The van der Waals surface area contributed by atoms with Gasteiger partial charge in [-0.25, -0.2) is 0 Å². The molecule has 1 N–H and O–H groups in total. The van der Waals surface area contributed by atoms with Gasteiger partial charge < -0.3 is 19.2 Å². The number of amides is 1. The van der Waals surface area contributed by atoms with Crippen molar-refractivity contribution < 1.29 is 18.7 Å². The third kappa shape index (κ3) is 5.08. The van der Waals surface area contributed by atoms with Crippen LogP contribution in [0.3, 0.4) is 0 Å². The number of hydrogen-bond donors (Lipinski definition) is 1. The van der Waals surface area contributed by atoms with Gasteiger partial charge >= 0.3 is 0 Å². The summed E-state index contributed by atoms with van der Waals surface area (Å²) in [6, 6.07) is 12.2. The Bertz CT molecular complexity index is 1140. The van der Waals surface area contributed by atoms with Gasteiger partial charge in [-0.3, -0.25) is 4.79 Å². The Morgan fingerprint density at radius 1 is 1.18 bits per heavy atom. The highest BCUT2D eigenvalue weighted by Crippen LogP contribution is 2.37. The lowest BCUT2D eigenvalue weighted by Gasteiger charge is -2.29. The fourth-order valence-electron chi connectivity index (χ4n) is 4.68. The zero-order valence-corrected chi connectivity index (χ0v) is 19.9. The number of fused-ring (bicyclic) bond motifs is 1. The van der Waals surface area contributed by atoms with Gasteiger partial charge in [0.05, 0.1) is 20.0 Å². The molecule has 1 fully saturated rings. The summed E-state index contributed by atoms with van der Waals surface area (Å²) in [4.78, 5) is 12.8. The van der Waals surface area contributed by atoms with Crippen LogP contribution in [0.2, 0.25) is 0 Å². The van der Waals surface area contributed by atoms with Gasteiger partial charge in [-0.05, 0) is 61.9 Å². The van der Waals surface area contributed by atoms with Crippen LogP contribution in [-0.4, -0.2) is 25.7 Å². The second-order valence-corrected chi connectivity index (χ2v) is 8.86. The molecule has 5 heteroatoms. The Morgan fingerprint density at radius 3 is 2.64 bits per heavy atom. The molecule has 0 bridgehead atoms. The number of nitrogens with one attached hydrogen (secondary N) is 1. The number of allylic oxidation sites excluding steroid dienone is 1. The van der Waals surface area contributed by atoms with E-state index in [2.05, 4.69) is 12.2 Å². The molecule has 1 amide bonds. The Labute approximate surface area is 195 Å². The molecule has 33 heavy (non-hydrogen) atoms. The largest absolute Gasteiger partial charge is 0.496 e. The first-order chi connectivity index (χ1) is 16.0. The molecule has 2 aromatic carbocycles. The predicted octanol–water partition coefficient (Wildman–Crippen LogP) is 6.61. The number of furan rings is 1. The van der Waals surface area contributed by atoms with Gasteiger partial charge in [0.15, 0.2) is 0 Å². The highest BCUT2D eigenvalue weighted by Gasteiger charge is 2.22. The van der Waals surface area contributed by atoms with Gasteiger partial charge in [-0.15, -0.1) is 0 Å². The Balaban J connectivity index is 1.64. The van der Waals surface area contributed by atoms with E-state index >= 15 is 0 Å². The molecule has 4 rings (SSSR count). The van der Waals surface area contributed by atoms with Crippen molar-refractivity contribution in [3.63, 3.8) is 0 Å². The predicted molar refractivity (Wildman–Crippen MR) is 133 cm³/mol. The van der Waals surface area contributed by atoms with Crippen molar-refractivity contribution in [2.24, 2.45) is 5.92 Å². The normalized spacial score (nSPS) is 18.8. The van der Waals surface area contributed by atoms with Crippen molar-refractivity contribution in [2.75, 3.05) is 13.7 Å². The lowest BCUT2D eigenvalue weighted by Crippen LogP contribution is -2.40. The fourth-order valence-corrected chi connectivity index (χ4v) is 4.68. The molecule has 2 unspecified atom stereocenters. The second-order valence-electron chi connectivity index (χ2n) is 8.86. The number of ether oxygens (including phenoxy) is 2. The maximum absolute atomic E-state index is 12.8. The summed E-state index contributed by atoms with van der Waals surface area (Å²) in [7, 11) is 1.64. The number of carbonyl (C=O) groups excluding carboxylic acids is 1. The molecule has 174 valence electrons. The molecule has 0 saturated heterocycles. The highest BCUT2D eigenvalue weighted by atomic mass is 16.5. The minimum absolute atomic E-state index is 0.0488. The van der Waals surface area contributed by atoms with E-state index in [1.54, 1.807) is 19.4 Å². The van der Waals surface area contributed by atoms with E-state index in [4.69, 9.17) is 13.9 Å². The maximum atomic E-state index is 12.8. The van der Waals surface area contributed by atoms with E-state index in [0.29, 0.717) is 18.3 Å². The quantitative estimate of drug-likeness (QED) is 0.414. The van der Waals surface area contributed by atoms with E-state index in [0.717, 1.165) is 45.4 Å². The topological polar surface area (TPSA) is 60.7 Å². The van der Waals surface area contributed by atoms with Crippen LogP contribution in [0, 0.1) is 5.92 Å². The number of hydrogen-bond acceptors (Lipinski definition) is 4. The molecule has 1 aromatic heterocycles. The summed E-state index contributed by atoms with van der Waals surface area (Å²) in [6.07, 6.45) is 8.10. The number of rotatable bonds is 7. The zero-order valence-electron chi connectivity index (χ0n) is 19.9. The lowest BCUT2D eigenvalue weighted by atomic mass is 9.86. The maximum Gasteiger partial charge on any atom is 0.244 e. The van der Waals surface area contributed by atoms with Gasteiger partial charge in [0.2, 0.25) is 5.91 Å². The van der Waals surface area contributed by atoms with E-state index in [1.807, 2.05) is 50.2 Å². The third-order valence-electron chi connectivity index (χ3n) is 6.58. The summed E-state index contributed by atoms with van der Waals surface area (Å²) >= 11 is 0. The smallest absolute Gasteiger partial charge is 0.244 e. The van der Waals surface area contributed by atoms with Crippen LogP contribution in [0.4, 0.5) is 0 Å². The number of benzene rings is 2. The van der Waals surface area contributed by atoms with E-state index in [1.165, 1.54) is 19.3 Å². The van der Waals surface area contributed by atoms with Crippen LogP contribution in [0.5, 0.6) is 11.5 Å². The Hall–Kier alpha value is -3.21. The van der Waals surface area contributed by atoms with Crippen LogP contribution in [-0.2, 0) is 4.79 Å². The van der Waals surface area contributed by atoms with Crippen molar-refractivity contribution in [1.82, 2.24) is 5.32 Å². The average molecular weight is 448 g/mol.